The molecule has 4 heteroatoms. The summed E-state index contributed by atoms with van der Waals surface area (Å²) in [5, 5.41) is 0. The van der Waals surface area contributed by atoms with E-state index in [4.69, 9.17) is 0 Å². The van der Waals surface area contributed by atoms with E-state index in [0.717, 1.165) is 28.4 Å². The molecule has 0 spiro atoms. The number of fused-ring (bicyclic) bond motifs is 4. The second-order valence-corrected chi connectivity index (χ2v) is 23.9. The van der Waals surface area contributed by atoms with Crippen molar-refractivity contribution >= 4 is 74.3 Å². The third-order valence-corrected chi connectivity index (χ3v) is 15.7. The van der Waals surface area contributed by atoms with Crippen LogP contribution in [0.25, 0.3) is 33.4 Å². The SMILES string of the molecule is CC(C)(C)c1ccc(N2c3cc(N(c4ccccc4)c4ccccc4)ccc3B3c4ccc(-c5ccccc5)cc4N(c4ccc(-c5ccccc5)cc4-c4ccc(C(C)(C)C)c(C(C)(C)C)c4)c4cccc2c43)cc1. The minimum Gasteiger partial charge on any atom is -0.311 e. The molecule has 0 saturated heterocycles. The average Bonchev–Trinajstić information content (AvgIpc) is 3.59. The van der Waals surface area contributed by atoms with Gasteiger partial charge >= 0.3 is 0 Å². The molecule has 76 heavy (non-hydrogen) atoms. The standard InChI is InChI=1S/C72H66BN3/c1-70(2,3)54-36-38-57(39-37-54)75-65-31-22-32-66-69(65)73(63-43-40-58(48-68(63)75)74(55-27-18-12-19-28-55)56-29-20-13-21-30-56)62-42-34-52(50-25-16-11-17-26-50)47-67(62)76(66)64-44-35-51(49-23-14-10-15-24-49)45-59(64)53-33-41-60(71(4,5)6)61(46-53)72(7,8)9/h10-48H,1-9H3. The molecule has 0 atom stereocenters. The maximum absolute atomic E-state index is 2.60. The van der Waals surface area contributed by atoms with Crippen LogP contribution in [0.15, 0.2) is 237 Å². The summed E-state index contributed by atoms with van der Waals surface area (Å²) in [5.74, 6) is 0. The highest BCUT2D eigenvalue weighted by Gasteiger charge is 2.44. The lowest BCUT2D eigenvalue weighted by atomic mass is 9.33. The molecule has 2 aliphatic rings. The van der Waals surface area contributed by atoms with Crippen molar-refractivity contribution in [2.45, 2.75) is 78.6 Å². The Balaban J connectivity index is 1.15. The van der Waals surface area contributed by atoms with Crippen molar-refractivity contribution in [3.63, 3.8) is 0 Å². The summed E-state index contributed by atoms with van der Waals surface area (Å²) in [6, 6.07) is 88.4. The zero-order chi connectivity index (χ0) is 52.5. The van der Waals surface area contributed by atoms with Crippen LogP contribution in [0.3, 0.4) is 0 Å². The molecular formula is C72H66BN3. The molecule has 0 saturated carbocycles. The van der Waals surface area contributed by atoms with E-state index in [2.05, 4.69) is 314 Å². The first-order valence-electron chi connectivity index (χ1n) is 27.0. The van der Waals surface area contributed by atoms with E-state index in [1.54, 1.807) is 0 Å². The Hall–Kier alpha value is -8.34. The third kappa shape index (κ3) is 8.70. The van der Waals surface area contributed by atoms with Crippen molar-refractivity contribution in [2.24, 2.45) is 0 Å². The van der Waals surface area contributed by atoms with E-state index < -0.39 is 0 Å². The van der Waals surface area contributed by atoms with Crippen LogP contribution < -0.4 is 31.1 Å². The Morgan fingerprint density at radius 3 is 1.38 bits per heavy atom. The molecule has 0 amide bonds. The number of para-hydroxylation sites is 2. The van der Waals surface area contributed by atoms with Crippen molar-refractivity contribution in [3.8, 4) is 33.4 Å². The Kier molecular flexibility index (Phi) is 12.0. The first-order valence-corrected chi connectivity index (χ1v) is 27.0. The summed E-state index contributed by atoms with van der Waals surface area (Å²) < 4.78 is 0. The molecule has 0 unspecified atom stereocenters. The molecule has 372 valence electrons. The lowest BCUT2D eigenvalue weighted by Gasteiger charge is -2.45. The van der Waals surface area contributed by atoms with E-state index >= 15 is 0 Å². The lowest BCUT2D eigenvalue weighted by Crippen LogP contribution is -2.61. The van der Waals surface area contributed by atoms with Gasteiger partial charge < -0.3 is 14.7 Å². The highest BCUT2D eigenvalue weighted by atomic mass is 15.2. The van der Waals surface area contributed by atoms with Crippen LogP contribution >= 0.6 is 0 Å². The predicted molar refractivity (Wildman–Crippen MR) is 328 cm³/mol. The lowest BCUT2D eigenvalue weighted by molar-refractivity contribution is 0.530. The largest absolute Gasteiger partial charge is 0.311 e. The Bertz CT molecular complexity index is 3710. The van der Waals surface area contributed by atoms with Crippen LogP contribution in [0.4, 0.5) is 51.2 Å². The second-order valence-electron chi connectivity index (χ2n) is 23.9. The number of nitrogens with zero attached hydrogens (tertiary/aromatic N) is 3. The molecule has 0 aliphatic carbocycles. The van der Waals surface area contributed by atoms with Gasteiger partial charge in [0.2, 0.25) is 0 Å². The van der Waals surface area contributed by atoms with Crippen LogP contribution in [0.1, 0.15) is 79.0 Å². The normalized spacial score (nSPS) is 13.0. The summed E-state index contributed by atoms with van der Waals surface area (Å²) in [6.07, 6.45) is 0. The van der Waals surface area contributed by atoms with Gasteiger partial charge in [-0.2, -0.15) is 0 Å². The molecule has 0 radical (unpaired) electrons. The highest BCUT2D eigenvalue weighted by Crippen LogP contribution is 2.50. The molecule has 10 aromatic rings. The summed E-state index contributed by atoms with van der Waals surface area (Å²) in [4.78, 5) is 7.52. The minimum atomic E-state index is -0.0785. The van der Waals surface area contributed by atoms with E-state index in [-0.39, 0.29) is 23.0 Å². The number of anilines is 9. The Labute approximate surface area is 451 Å². The number of hydrogen-bond acceptors (Lipinski definition) is 3. The average molecular weight is 984 g/mol. The van der Waals surface area contributed by atoms with Gasteiger partial charge in [0.1, 0.15) is 0 Å². The topological polar surface area (TPSA) is 9.72 Å². The maximum atomic E-state index is 2.60. The summed E-state index contributed by atoms with van der Waals surface area (Å²) >= 11 is 0. The van der Waals surface area contributed by atoms with Gasteiger partial charge in [-0.3, -0.25) is 0 Å². The van der Waals surface area contributed by atoms with Crippen molar-refractivity contribution in [1.29, 1.82) is 0 Å². The van der Waals surface area contributed by atoms with Crippen molar-refractivity contribution in [3.05, 3.63) is 253 Å². The van der Waals surface area contributed by atoms with E-state index in [1.807, 2.05) is 0 Å². The first-order chi connectivity index (χ1) is 36.6. The smallest absolute Gasteiger partial charge is 0.252 e. The fourth-order valence-corrected chi connectivity index (χ4v) is 11.9. The van der Waals surface area contributed by atoms with E-state index in [1.165, 1.54) is 89.2 Å². The van der Waals surface area contributed by atoms with Crippen molar-refractivity contribution < 1.29 is 0 Å². The first kappa shape index (κ1) is 48.6. The van der Waals surface area contributed by atoms with Crippen LogP contribution in [-0.2, 0) is 16.2 Å². The van der Waals surface area contributed by atoms with Gasteiger partial charge in [0.05, 0.1) is 5.69 Å². The van der Waals surface area contributed by atoms with Crippen molar-refractivity contribution in [1.82, 2.24) is 0 Å². The van der Waals surface area contributed by atoms with Gasteiger partial charge in [0, 0.05) is 51.1 Å². The zero-order valence-electron chi connectivity index (χ0n) is 45.4. The van der Waals surface area contributed by atoms with Crippen LogP contribution in [0, 0.1) is 0 Å². The highest BCUT2D eigenvalue weighted by molar-refractivity contribution is 7.00. The molecule has 0 aromatic heterocycles. The number of hydrogen-bond donors (Lipinski definition) is 0. The van der Waals surface area contributed by atoms with E-state index in [0.29, 0.717) is 0 Å². The molecule has 0 bridgehead atoms. The van der Waals surface area contributed by atoms with Gasteiger partial charge in [-0.05, 0) is 156 Å². The molecule has 3 nitrogen and oxygen atoms in total. The molecule has 2 aliphatic heterocycles. The molecule has 2 heterocycles. The Morgan fingerprint density at radius 2 is 0.816 bits per heavy atom. The van der Waals surface area contributed by atoms with Gasteiger partial charge in [-0.1, -0.05) is 220 Å². The maximum Gasteiger partial charge on any atom is 0.252 e. The monoisotopic (exact) mass is 984 g/mol. The quantitative estimate of drug-likeness (QED) is 0.141. The van der Waals surface area contributed by atoms with Crippen LogP contribution in [0.2, 0.25) is 0 Å². The fraction of sp³-hybridized carbons (Fsp3) is 0.167. The molecule has 0 fully saturated rings. The second kappa shape index (κ2) is 18.8. The number of rotatable bonds is 8. The minimum absolute atomic E-state index is 0.00563. The van der Waals surface area contributed by atoms with Gasteiger partial charge in [0.15, 0.2) is 0 Å². The summed E-state index contributed by atoms with van der Waals surface area (Å²) in [6.45, 7) is 20.9. The van der Waals surface area contributed by atoms with Gasteiger partial charge in [-0.25, -0.2) is 0 Å². The van der Waals surface area contributed by atoms with Crippen LogP contribution in [0.5, 0.6) is 0 Å². The van der Waals surface area contributed by atoms with Gasteiger partial charge in [-0.15, -0.1) is 0 Å². The molecular weight excluding hydrogens is 918 g/mol. The predicted octanol–water partition coefficient (Wildman–Crippen LogP) is 18.1. The van der Waals surface area contributed by atoms with E-state index in [9.17, 15) is 0 Å². The number of benzene rings is 10. The molecule has 10 aromatic carbocycles. The summed E-state index contributed by atoms with van der Waals surface area (Å²) in [7, 11) is 0. The third-order valence-electron chi connectivity index (χ3n) is 15.7. The van der Waals surface area contributed by atoms with Gasteiger partial charge in [0.25, 0.3) is 6.71 Å². The fourth-order valence-electron chi connectivity index (χ4n) is 11.9. The van der Waals surface area contributed by atoms with Crippen molar-refractivity contribution in [2.75, 3.05) is 14.7 Å². The molecule has 0 N–H and O–H groups in total. The molecule has 12 rings (SSSR count). The zero-order valence-corrected chi connectivity index (χ0v) is 45.4. The Morgan fingerprint density at radius 1 is 0.316 bits per heavy atom. The summed E-state index contributed by atoms with van der Waals surface area (Å²) in [5.41, 5.74) is 25.3. The van der Waals surface area contributed by atoms with Crippen LogP contribution in [-0.4, -0.2) is 6.71 Å².